The maximum Gasteiger partial charge on any atom is 0.0851 e. The molecule has 2 nitrogen and oxygen atoms in total. The van der Waals surface area contributed by atoms with E-state index in [1.165, 1.54) is 5.56 Å². The van der Waals surface area contributed by atoms with E-state index >= 15 is 0 Å². The summed E-state index contributed by atoms with van der Waals surface area (Å²) in [5.74, 6) is 0. The van der Waals surface area contributed by atoms with Gasteiger partial charge in [0.25, 0.3) is 0 Å². The molecule has 3 rings (SSSR count). The van der Waals surface area contributed by atoms with Crippen molar-refractivity contribution in [1.29, 1.82) is 0 Å². The zero-order valence-corrected chi connectivity index (χ0v) is 8.24. The molecule has 0 fully saturated rings. The Balaban J connectivity index is 2.19. The van der Waals surface area contributed by atoms with Crippen LogP contribution in [0, 0.1) is 0 Å². The average Bonchev–Trinajstić information content (AvgIpc) is 2.29. The molecule has 0 aromatic heterocycles. The van der Waals surface area contributed by atoms with Crippen molar-refractivity contribution in [2.75, 3.05) is 5.01 Å². The van der Waals surface area contributed by atoms with Crippen molar-refractivity contribution in [3.8, 4) is 0 Å². The van der Waals surface area contributed by atoms with Gasteiger partial charge >= 0.3 is 0 Å². The predicted octanol–water partition coefficient (Wildman–Crippen LogP) is 3.05. The summed E-state index contributed by atoms with van der Waals surface area (Å²) in [4.78, 5) is 0. The molecule has 0 atom stereocenters. The highest BCUT2D eigenvalue weighted by atomic mass is 32.2. The topological polar surface area (TPSA) is 15.6 Å². The maximum absolute atomic E-state index is 4.34. The van der Waals surface area contributed by atoms with Crippen molar-refractivity contribution in [2.24, 2.45) is 5.10 Å². The van der Waals surface area contributed by atoms with E-state index in [-0.39, 0.29) is 0 Å². The molecule has 0 unspecified atom stereocenters. The van der Waals surface area contributed by atoms with Gasteiger partial charge in [-0.05, 0) is 12.1 Å². The van der Waals surface area contributed by atoms with Crippen molar-refractivity contribution in [1.82, 2.24) is 0 Å². The van der Waals surface area contributed by atoms with Crippen LogP contribution < -0.4 is 5.01 Å². The predicted molar refractivity (Wildman–Crippen MR) is 62.1 cm³/mol. The third-order valence-corrected chi connectivity index (χ3v) is 2.85. The Kier molecular flexibility index (Phi) is 1.70. The summed E-state index contributed by atoms with van der Waals surface area (Å²) in [5.41, 5.74) is 5.35. The third kappa shape index (κ3) is 1.09. The lowest BCUT2D eigenvalue weighted by Crippen LogP contribution is -2.19. The van der Waals surface area contributed by atoms with Gasteiger partial charge in [-0.15, -0.1) is 0 Å². The van der Waals surface area contributed by atoms with Crippen LogP contribution in [-0.4, -0.2) is 5.55 Å². The molecule has 3 heteroatoms. The molecule has 14 heavy (non-hydrogen) atoms. The van der Waals surface area contributed by atoms with E-state index < -0.39 is 0 Å². The molecule has 0 amide bonds. The van der Waals surface area contributed by atoms with Gasteiger partial charge in [0.15, 0.2) is 0 Å². The fourth-order valence-electron chi connectivity index (χ4n) is 1.60. The molecule has 2 aliphatic rings. The van der Waals surface area contributed by atoms with E-state index in [0.717, 1.165) is 11.4 Å². The number of anilines is 1. The number of thioether (sulfide) groups is 1. The number of benzene rings is 1. The molecule has 1 aromatic carbocycles. The quantitative estimate of drug-likeness (QED) is 0.639. The second kappa shape index (κ2) is 3.03. The molecule has 0 saturated carbocycles. The van der Waals surface area contributed by atoms with Crippen LogP contribution in [0.3, 0.4) is 0 Å². The lowest BCUT2D eigenvalue weighted by molar-refractivity contribution is 1.03. The highest BCUT2D eigenvalue weighted by Gasteiger charge is 2.17. The Hall–Kier alpha value is -1.48. The summed E-state index contributed by atoms with van der Waals surface area (Å²) in [7, 11) is 0. The monoisotopic (exact) mass is 200 g/mol. The molecule has 1 aromatic rings. The number of hydrogen-bond donors (Lipinski definition) is 0. The van der Waals surface area contributed by atoms with Gasteiger partial charge in [-0.1, -0.05) is 36.0 Å². The zero-order valence-electron chi connectivity index (χ0n) is 7.42. The molecule has 0 spiro atoms. The van der Waals surface area contributed by atoms with Crippen molar-refractivity contribution in [3.63, 3.8) is 0 Å². The smallest absolute Gasteiger partial charge is 0.0851 e. The molecule has 0 saturated heterocycles. The first kappa shape index (κ1) is 7.88. The van der Waals surface area contributed by atoms with Crippen LogP contribution in [0.2, 0.25) is 0 Å². The molecular weight excluding hydrogens is 192 g/mol. The molecule has 0 aliphatic carbocycles. The number of rotatable bonds is 0. The van der Waals surface area contributed by atoms with Crippen LogP contribution in [0.5, 0.6) is 0 Å². The van der Waals surface area contributed by atoms with Crippen LogP contribution in [0.4, 0.5) is 5.69 Å². The van der Waals surface area contributed by atoms with E-state index in [9.17, 15) is 0 Å². The molecule has 0 N–H and O–H groups in total. The van der Waals surface area contributed by atoms with E-state index in [4.69, 9.17) is 0 Å². The molecule has 2 heterocycles. The van der Waals surface area contributed by atoms with Crippen molar-refractivity contribution in [3.05, 3.63) is 47.0 Å². The average molecular weight is 200 g/mol. The number of nitrogens with zero attached hydrogens (tertiary/aromatic N) is 2. The van der Waals surface area contributed by atoms with Crippen LogP contribution in [-0.2, 0) is 0 Å². The second-order valence-electron chi connectivity index (χ2n) is 3.10. The summed E-state index contributed by atoms with van der Waals surface area (Å²) in [6.45, 7) is 0. The maximum atomic E-state index is 4.34. The van der Waals surface area contributed by atoms with Crippen molar-refractivity contribution >= 4 is 29.1 Å². The largest absolute Gasteiger partial charge is 0.232 e. The lowest BCUT2D eigenvalue weighted by atomic mass is 10.1. The van der Waals surface area contributed by atoms with Gasteiger partial charge in [0.05, 0.1) is 16.9 Å². The fourth-order valence-corrected chi connectivity index (χ4v) is 2.13. The molecular formula is C11H8N2S. The minimum Gasteiger partial charge on any atom is -0.232 e. The third-order valence-electron chi connectivity index (χ3n) is 2.26. The number of hydrogen-bond acceptors (Lipinski definition) is 3. The normalized spacial score (nSPS) is 17.4. The summed E-state index contributed by atoms with van der Waals surface area (Å²) in [6, 6.07) is 8.26. The minimum atomic E-state index is 1.14. The Morgan fingerprint density at radius 3 is 3.07 bits per heavy atom. The van der Waals surface area contributed by atoms with Gasteiger partial charge in [0, 0.05) is 11.0 Å². The molecule has 0 radical (unpaired) electrons. The van der Waals surface area contributed by atoms with E-state index in [1.54, 1.807) is 11.8 Å². The Morgan fingerprint density at radius 1 is 1.14 bits per heavy atom. The van der Waals surface area contributed by atoms with Crippen LogP contribution in [0.1, 0.15) is 5.56 Å². The van der Waals surface area contributed by atoms with Crippen molar-refractivity contribution < 1.29 is 0 Å². The first-order valence-electron chi connectivity index (χ1n) is 4.40. The van der Waals surface area contributed by atoms with Gasteiger partial charge < -0.3 is 0 Å². The first-order valence-corrected chi connectivity index (χ1v) is 5.35. The fraction of sp³-hybridized carbons (Fsp3) is 0. The summed E-state index contributed by atoms with van der Waals surface area (Å²) in [5, 5.41) is 8.41. The van der Waals surface area contributed by atoms with Gasteiger partial charge in [0.2, 0.25) is 0 Å². The Bertz CT molecular complexity index is 460. The van der Waals surface area contributed by atoms with E-state index in [0.29, 0.717) is 0 Å². The van der Waals surface area contributed by atoms with Crippen LogP contribution >= 0.6 is 11.8 Å². The van der Waals surface area contributed by atoms with Gasteiger partial charge in [-0.2, -0.15) is 5.10 Å². The zero-order chi connectivity index (χ0) is 9.38. The minimum absolute atomic E-state index is 1.14. The van der Waals surface area contributed by atoms with Gasteiger partial charge in [-0.3, -0.25) is 0 Å². The van der Waals surface area contributed by atoms with Gasteiger partial charge in [0.1, 0.15) is 0 Å². The molecule has 68 valence electrons. The summed E-state index contributed by atoms with van der Waals surface area (Å²) in [6.07, 6.45) is 4.21. The van der Waals surface area contributed by atoms with E-state index in [1.807, 2.05) is 22.7 Å². The standard InChI is InChI=1S/C11H8N2S/c1-2-4-11-9(3-1)5-6-10-7-14-8-12-13(10)11/h1-8H. The number of hydrazone groups is 1. The molecule has 0 bridgehead atoms. The Labute approximate surface area is 86.6 Å². The first-order chi connectivity index (χ1) is 6.95. The second-order valence-corrected chi connectivity index (χ2v) is 3.82. The SMILES string of the molecule is C1=Cc2ccccc2N2N=CSC=C12. The van der Waals surface area contributed by atoms with Crippen LogP contribution in [0.25, 0.3) is 6.08 Å². The number of para-hydroxylation sites is 1. The number of fused-ring (bicyclic) bond motifs is 3. The molecule has 2 aliphatic heterocycles. The summed E-state index contributed by atoms with van der Waals surface area (Å²) < 4.78 is 0. The lowest BCUT2D eigenvalue weighted by Gasteiger charge is -2.26. The van der Waals surface area contributed by atoms with Gasteiger partial charge in [-0.25, -0.2) is 5.01 Å². The Morgan fingerprint density at radius 2 is 2.07 bits per heavy atom. The number of allylic oxidation sites excluding steroid dienone is 1. The highest BCUT2D eigenvalue weighted by molar-refractivity contribution is 8.14. The van der Waals surface area contributed by atoms with Crippen LogP contribution in [0.15, 0.2) is 46.5 Å². The highest BCUT2D eigenvalue weighted by Crippen LogP contribution is 2.33. The summed E-state index contributed by atoms with van der Waals surface area (Å²) >= 11 is 1.61. The van der Waals surface area contributed by atoms with E-state index in [2.05, 4.69) is 34.8 Å². The van der Waals surface area contributed by atoms with Crippen molar-refractivity contribution in [2.45, 2.75) is 0 Å².